The highest BCUT2D eigenvalue weighted by molar-refractivity contribution is 6.31. The summed E-state index contributed by atoms with van der Waals surface area (Å²) in [4.78, 5) is 0. The fourth-order valence-electron chi connectivity index (χ4n) is 3.79. The van der Waals surface area contributed by atoms with Crippen molar-refractivity contribution in [1.29, 1.82) is 0 Å². The molecule has 3 saturated carbocycles. The van der Waals surface area contributed by atoms with E-state index >= 15 is 0 Å². The maximum absolute atomic E-state index is 13.1. The van der Waals surface area contributed by atoms with E-state index in [1.807, 2.05) is 13.1 Å². The summed E-state index contributed by atoms with van der Waals surface area (Å²) < 4.78 is 13.1. The first-order valence-electron chi connectivity index (χ1n) is 5.80. The van der Waals surface area contributed by atoms with E-state index in [0.717, 1.165) is 11.5 Å². The molecule has 1 aromatic rings. The lowest BCUT2D eigenvalue weighted by atomic mass is 9.61. The first-order chi connectivity index (χ1) is 7.67. The molecule has 3 fully saturated rings. The number of fused-ring (bicyclic) bond motifs is 1. The van der Waals surface area contributed by atoms with Crippen LogP contribution in [0.4, 0.5) is 4.39 Å². The summed E-state index contributed by atoms with van der Waals surface area (Å²) in [5.74, 6) is 0.533. The Hall–Kier alpha value is -0.600. The number of hydrogen-bond donors (Lipinski definition) is 1. The molecule has 1 N–H and O–H groups in total. The quantitative estimate of drug-likeness (QED) is 0.836. The summed E-state index contributed by atoms with van der Waals surface area (Å²) in [6.07, 6.45) is 3.64. The highest BCUT2D eigenvalue weighted by Gasteiger charge is 2.59. The van der Waals surface area contributed by atoms with Gasteiger partial charge in [-0.05, 0) is 49.9 Å². The van der Waals surface area contributed by atoms with Crippen molar-refractivity contribution in [2.24, 2.45) is 5.92 Å². The van der Waals surface area contributed by atoms with Crippen LogP contribution in [0.15, 0.2) is 18.2 Å². The molecule has 0 amide bonds. The van der Waals surface area contributed by atoms with E-state index in [1.54, 1.807) is 0 Å². The van der Waals surface area contributed by atoms with Crippen molar-refractivity contribution >= 4 is 11.6 Å². The Morgan fingerprint density at radius 1 is 1.50 bits per heavy atom. The molecule has 1 nitrogen and oxygen atoms in total. The smallest absolute Gasteiger partial charge is 0.124 e. The highest BCUT2D eigenvalue weighted by Crippen LogP contribution is 2.60. The van der Waals surface area contributed by atoms with Crippen LogP contribution in [0.5, 0.6) is 0 Å². The van der Waals surface area contributed by atoms with Crippen LogP contribution in [-0.2, 0) is 5.41 Å². The SMILES string of the molecule is CNC1C2CCC1(c1ccc(F)cc1Cl)C2. The van der Waals surface area contributed by atoms with Crippen molar-refractivity contribution < 1.29 is 4.39 Å². The highest BCUT2D eigenvalue weighted by atomic mass is 35.5. The summed E-state index contributed by atoms with van der Waals surface area (Å²) >= 11 is 6.18. The molecule has 86 valence electrons. The number of likely N-dealkylation sites (N-methyl/N-ethyl adjacent to an activating group) is 1. The topological polar surface area (TPSA) is 12.0 Å². The maximum atomic E-state index is 13.1. The molecule has 3 unspecified atom stereocenters. The zero-order valence-corrected chi connectivity index (χ0v) is 10.0. The first-order valence-corrected chi connectivity index (χ1v) is 6.18. The van der Waals surface area contributed by atoms with Gasteiger partial charge in [-0.15, -0.1) is 0 Å². The second kappa shape index (κ2) is 3.44. The third-order valence-electron chi connectivity index (χ3n) is 4.43. The van der Waals surface area contributed by atoms with Gasteiger partial charge in [-0.1, -0.05) is 17.7 Å². The zero-order valence-electron chi connectivity index (χ0n) is 9.26. The molecular weight excluding hydrogens is 225 g/mol. The van der Waals surface area contributed by atoms with Crippen molar-refractivity contribution in [2.75, 3.05) is 7.05 Å². The molecule has 0 aromatic heterocycles. The van der Waals surface area contributed by atoms with E-state index in [4.69, 9.17) is 11.6 Å². The molecule has 0 heterocycles. The predicted octanol–water partition coefficient (Wildman–Crippen LogP) is 3.12. The number of benzene rings is 1. The molecule has 0 radical (unpaired) electrons. The number of rotatable bonds is 2. The van der Waals surface area contributed by atoms with Crippen LogP contribution in [-0.4, -0.2) is 13.1 Å². The van der Waals surface area contributed by atoms with E-state index in [-0.39, 0.29) is 11.2 Å². The molecule has 3 aliphatic rings. The number of nitrogens with one attached hydrogen (secondary N) is 1. The standard InChI is InChI=1S/C13H15ClFN/c1-16-12-8-4-5-13(12,7-8)10-3-2-9(15)6-11(10)14/h2-3,6,8,12,16H,4-5,7H2,1H3. The van der Waals surface area contributed by atoms with Gasteiger partial charge >= 0.3 is 0 Å². The molecule has 3 heteroatoms. The van der Waals surface area contributed by atoms with Crippen molar-refractivity contribution in [3.63, 3.8) is 0 Å². The van der Waals surface area contributed by atoms with Gasteiger partial charge in [0.2, 0.25) is 0 Å². The minimum absolute atomic E-state index is 0.171. The maximum Gasteiger partial charge on any atom is 0.124 e. The summed E-state index contributed by atoms with van der Waals surface area (Å²) in [7, 11) is 2.01. The Labute approximate surface area is 100.0 Å². The first kappa shape index (κ1) is 10.5. The normalized spacial score (nSPS) is 36.2. The van der Waals surface area contributed by atoms with Crippen molar-refractivity contribution in [1.82, 2.24) is 5.32 Å². The van der Waals surface area contributed by atoms with Gasteiger partial charge in [0.15, 0.2) is 0 Å². The molecule has 4 rings (SSSR count). The van der Waals surface area contributed by atoms with Gasteiger partial charge < -0.3 is 5.32 Å². The lowest BCUT2D eigenvalue weighted by Crippen LogP contribution is -2.56. The second-order valence-electron chi connectivity index (χ2n) is 5.05. The minimum atomic E-state index is -0.250. The number of halogens is 2. The van der Waals surface area contributed by atoms with Crippen LogP contribution >= 0.6 is 11.6 Å². The van der Waals surface area contributed by atoms with Gasteiger partial charge in [-0.3, -0.25) is 0 Å². The van der Waals surface area contributed by atoms with E-state index < -0.39 is 0 Å². The van der Waals surface area contributed by atoms with Gasteiger partial charge in [0, 0.05) is 16.5 Å². The van der Waals surface area contributed by atoms with Crippen LogP contribution in [0.2, 0.25) is 5.02 Å². The molecule has 3 atom stereocenters. The van der Waals surface area contributed by atoms with Crippen molar-refractivity contribution in [2.45, 2.75) is 30.7 Å². The van der Waals surface area contributed by atoms with E-state index in [1.165, 1.54) is 31.4 Å². The van der Waals surface area contributed by atoms with Gasteiger partial charge in [0.1, 0.15) is 5.82 Å². The fraction of sp³-hybridized carbons (Fsp3) is 0.538. The Balaban J connectivity index is 2.03. The average Bonchev–Trinajstić information content (AvgIpc) is 2.76. The summed E-state index contributed by atoms with van der Waals surface area (Å²) in [5.41, 5.74) is 1.30. The van der Waals surface area contributed by atoms with Crippen LogP contribution in [0, 0.1) is 11.7 Å². The largest absolute Gasteiger partial charge is 0.316 e. The summed E-state index contributed by atoms with van der Waals surface area (Å²) in [6.45, 7) is 0. The molecule has 2 bridgehead atoms. The molecule has 16 heavy (non-hydrogen) atoms. The Kier molecular flexibility index (Phi) is 2.27. The Morgan fingerprint density at radius 3 is 2.94 bits per heavy atom. The third kappa shape index (κ3) is 1.20. The third-order valence-corrected chi connectivity index (χ3v) is 4.75. The second-order valence-corrected chi connectivity index (χ2v) is 5.46. The van der Waals surface area contributed by atoms with Crippen molar-refractivity contribution in [3.8, 4) is 0 Å². The van der Waals surface area contributed by atoms with E-state index in [9.17, 15) is 4.39 Å². The molecule has 0 spiro atoms. The fourth-order valence-corrected chi connectivity index (χ4v) is 4.15. The Bertz CT molecular complexity index is 430. The average molecular weight is 240 g/mol. The molecule has 1 aromatic carbocycles. The van der Waals surface area contributed by atoms with Gasteiger partial charge in [0.05, 0.1) is 0 Å². The van der Waals surface area contributed by atoms with Crippen LogP contribution in [0.1, 0.15) is 24.8 Å². The van der Waals surface area contributed by atoms with E-state index in [2.05, 4.69) is 5.32 Å². The van der Waals surface area contributed by atoms with Crippen LogP contribution < -0.4 is 5.32 Å². The Morgan fingerprint density at radius 2 is 2.31 bits per heavy atom. The summed E-state index contributed by atoms with van der Waals surface area (Å²) in [6, 6.07) is 5.34. The van der Waals surface area contributed by atoms with Gasteiger partial charge in [-0.2, -0.15) is 0 Å². The van der Waals surface area contributed by atoms with Gasteiger partial charge in [0.25, 0.3) is 0 Å². The van der Waals surface area contributed by atoms with E-state index in [0.29, 0.717) is 11.1 Å². The van der Waals surface area contributed by atoms with Crippen LogP contribution in [0.25, 0.3) is 0 Å². The number of hydrogen-bond acceptors (Lipinski definition) is 1. The monoisotopic (exact) mass is 239 g/mol. The molecular formula is C13H15ClFN. The lowest BCUT2D eigenvalue weighted by molar-refractivity contribution is 0.157. The van der Waals surface area contributed by atoms with Gasteiger partial charge in [-0.25, -0.2) is 4.39 Å². The molecule has 0 saturated heterocycles. The molecule has 3 aliphatic carbocycles. The lowest BCUT2D eigenvalue weighted by Gasteiger charge is -2.48. The minimum Gasteiger partial charge on any atom is -0.316 e. The predicted molar refractivity (Wildman–Crippen MR) is 63.3 cm³/mol. The zero-order chi connectivity index (χ0) is 11.3. The molecule has 0 aliphatic heterocycles. The van der Waals surface area contributed by atoms with Crippen LogP contribution in [0.3, 0.4) is 0 Å². The summed E-state index contributed by atoms with van der Waals surface area (Å²) in [5, 5.41) is 3.98. The van der Waals surface area contributed by atoms with Crippen molar-refractivity contribution in [3.05, 3.63) is 34.6 Å².